The van der Waals surface area contributed by atoms with Crippen LogP contribution in [0, 0.1) is 13.8 Å². The predicted octanol–water partition coefficient (Wildman–Crippen LogP) is 1.56. The predicted molar refractivity (Wildman–Crippen MR) is 110 cm³/mol. The third-order valence-electron chi connectivity index (χ3n) is 5.32. The highest BCUT2D eigenvalue weighted by molar-refractivity contribution is 7.17. The topological polar surface area (TPSA) is 84.4 Å². The Labute approximate surface area is 173 Å². The van der Waals surface area contributed by atoms with Crippen LogP contribution < -0.4 is 4.90 Å². The van der Waals surface area contributed by atoms with Gasteiger partial charge in [-0.1, -0.05) is 41.2 Å². The monoisotopic (exact) mass is 416 g/mol. The summed E-state index contributed by atoms with van der Waals surface area (Å²) in [6, 6.07) is 8.37. The molecule has 2 aromatic heterocycles. The number of nitrogens with one attached hydrogen (secondary N) is 1. The molecule has 4 rings (SSSR count). The van der Waals surface area contributed by atoms with Crippen LogP contribution >= 0.6 is 11.3 Å². The summed E-state index contributed by atoms with van der Waals surface area (Å²) in [4.78, 5) is 21.1. The fraction of sp³-hybridized carbons (Fsp3) is 0.450. The molecule has 0 bridgehead atoms. The van der Waals surface area contributed by atoms with Crippen LogP contribution in [0.15, 0.2) is 24.3 Å². The maximum absolute atomic E-state index is 12.1. The standard InChI is InChI=1S/C20H25N5O3S/c1-4-28-20(27)24-11-9-23(10-12-24)16(15-7-5-13(2)6-8-15)17-18(26)25-19(29-17)21-14(3)22-25/h5-8,16,26H,4,9-12H2,1-3H3/p+1/t16-/m0/s1. The van der Waals surface area contributed by atoms with Crippen molar-refractivity contribution in [2.75, 3.05) is 32.8 Å². The molecule has 8 nitrogen and oxygen atoms in total. The van der Waals surface area contributed by atoms with E-state index in [1.54, 1.807) is 4.90 Å². The van der Waals surface area contributed by atoms with Crippen LogP contribution in [0.25, 0.3) is 4.96 Å². The van der Waals surface area contributed by atoms with Crippen molar-refractivity contribution in [2.24, 2.45) is 0 Å². The molecule has 154 valence electrons. The molecule has 1 atom stereocenters. The second kappa shape index (κ2) is 8.00. The highest BCUT2D eigenvalue weighted by Gasteiger charge is 2.36. The van der Waals surface area contributed by atoms with Gasteiger partial charge in [-0.25, -0.2) is 9.78 Å². The molecular weight excluding hydrogens is 390 g/mol. The van der Waals surface area contributed by atoms with Crippen molar-refractivity contribution in [3.8, 4) is 5.88 Å². The van der Waals surface area contributed by atoms with E-state index in [1.165, 1.54) is 26.3 Å². The fourth-order valence-electron chi connectivity index (χ4n) is 3.85. The second-order valence-corrected chi connectivity index (χ2v) is 8.34. The number of aromatic hydroxyl groups is 1. The lowest BCUT2D eigenvalue weighted by atomic mass is 10.0. The summed E-state index contributed by atoms with van der Waals surface area (Å²) in [5.41, 5.74) is 2.32. The average molecular weight is 417 g/mol. The summed E-state index contributed by atoms with van der Waals surface area (Å²) in [6.07, 6.45) is -0.254. The van der Waals surface area contributed by atoms with Gasteiger partial charge in [0, 0.05) is 5.56 Å². The summed E-state index contributed by atoms with van der Waals surface area (Å²) >= 11 is 1.47. The molecule has 1 saturated heterocycles. The van der Waals surface area contributed by atoms with Crippen LogP contribution in [0.5, 0.6) is 5.88 Å². The van der Waals surface area contributed by atoms with Gasteiger partial charge < -0.3 is 14.7 Å². The Morgan fingerprint density at radius 2 is 1.97 bits per heavy atom. The SMILES string of the molecule is CCOC(=O)N1CC[NH+]([C@@H](c2ccc(C)cc2)c2sc3nc(C)nn3c2O)CC1. The van der Waals surface area contributed by atoms with Crippen LogP contribution in [0.1, 0.15) is 34.8 Å². The largest absolute Gasteiger partial charge is 0.492 e. The van der Waals surface area contributed by atoms with Gasteiger partial charge in [-0.05, 0) is 20.8 Å². The van der Waals surface area contributed by atoms with Gasteiger partial charge in [0.15, 0.2) is 6.04 Å². The maximum atomic E-state index is 12.1. The Bertz CT molecular complexity index is 1010. The maximum Gasteiger partial charge on any atom is 0.410 e. The number of piperazine rings is 1. The fourth-order valence-corrected chi connectivity index (χ4v) is 5.03. The molecule has 1 aromatic carbocycles. The van der Waals surface area contributed by atoms with E-state index in [9.17, 15) is 9.90 Å². The minimum atomic E-state index is -0.254. The lowest BCUT2D eigenvalue weighted by Gasteiger charge is -2.35. The molecule has 0 aliphatic carbocycles. The summed E-state index contributed by atoms with van der Waals surface area (Å²) in [6.45, 7) is 8.86. The zero-order valence-corrected chi connectivity index (χ0v) is 17.7. The van der Waals surface area contributed by atoms with E-state index >= 15 is 0 Å². The minimum Gasteiger partial charge on any atom is -0.492 e. The molecule has 0 spiro atoms. The zero-order chi connectivity index (χ0) is 20.5. The number of carbonyl (C=O) groups excluding carboxylic acids is 1. The molecule has 9 heteroatoms. The van der Waals surface area contributed by atoms with E-state index in [0.717, 1.165) is 23.5 Å². The molecule has 1 amide bonds. The number of benzene rings is 1. The van der Waals surface area contributed by atoms with Gasteiger partial charge >= 0.3 is 6.09 Å². The zero-order valence-electron chi connectivity index (χ0n) is 16.9. The first-order valence-corrected chi connectivity index (χ1v) is 10.7. The highest BCUT2D eigenvalue weighted by atomic mass is 32.1. The van der Waals surface area contributed by atoms with E-state index in [1.807, 2.05) is 13.8 Å². The van der Waals surface area contributed by atoms with Crippen LogP contribution in [-0.4, -0.2) is 63.5 Å². The summed E-state index contributed by atoms with van der Waals surface area (Å²) < 4.78 is 6.66. The number of carbonyl (C=O) groups is 1. The molecule has 2 N–H and O–H groups in total. The molecule has 29 heavy (non-hydrogen) atoms. The van der Waals surface area contributed by atoms with Crippen LogP contribution in [0.3, 0.4) is 0 Å². The van der Waals surface area contributed by atoms with Crippen LogP contribution in [0.4, 0.5) is 4.79 Å². The Balaban J connectivity index is 1.66. The molecule has 0 unspecified atom stereocenters. The number of quaternary nitrogens is 1. The Morgan fingerprint density at radius 1 is 1.28 bits per heavy atom. The van der Waals surface area contributed by atoms with Crippen molar-refractivity contribution in [1.29, 1.82) is 0 Å². The first-order valence-electron chi connectivity index (χ1n) is 9.85. The van der Waals surface area contributed by atoms with E-state index < -0.39 is 0 Å². The number of fused-ring (bicyclic) bond motifs is 1. The van der Waals surface area contributed by atoms with E-state index in [4.69, 9.17) is 4.74 Å². The number of ether oxygens (including phenoxy) is 1. The van der Waals surface area contributed by atoms with Gasteiger partial charge in [-0.3, -0.25) is 4.90 Å². The number of hydrogen-bond acceptors (Lipinski definition) is 6. The van der Waals surface area contributed by atoms with Crippen molar-refractivity contribution in [3.63, 3.8) is 0 Å². The Kier molecular flexibility index (Phi) is 5.42. The number of amides is 1. The van der Waals surface area contributed by atoms with Gasteiger partial charge in [0.05, 0.1) is 32.8 Å². The lowest BCUT2D eigenvalue weighted by Crippen LogP contribution is -3.15. The number of nitrogens with zero attached hydrogens (tertiary/aromatic N) is 4. The summed E-state index contributed by atoms with van der Waals surface area (Å²) in [5.74, 6) is 0.789. The van der Waals surface area contributed by atoms with Gasteiger partial charge in [0.25, 0.3) is 0 Å². The third kappa shape index (κ3) is 3.79. The average Bonchev–Trinajstić information content (AvgIpc) is 3.22. The number of thiazole rings is 1. The van der Waals surface area contributed by atoms with E-state index in [2.05, 4.69) is 41.3 Å². The number of rotatable bonds is 4. The molecule has 3 heterocycles. The minimum absolute atomic E-state index is 0.0475. The Morgan fingerprint density at radius 3 is 2.59 bits per heavy atom. The molecule has 0 saturated carbocycles. The third-order valence-corrected chi connectivity index (χ3v) is 6.40. The number of aryl methyl sites for hydroxylation is 2. The summed E-state index contributed by atoms with van der Waals surface area (Å²) in [7, 11) is 0. The molecule has 1 fully saturated rings. The van der Waals surface area contributed by atoms with Crippen LogP contribution in [-0.2, 0) is 4.74 Å². The van der Waals surface area contributed by atoms with Gasteiger partial charge in [-0.15, -0.1) is 5.10 Å². The summed E-state index contributed by atoms with van der Waals surface area (Å²) in [5, 5.41) is 15.2. The number of hydrogen-bond donors (Lipinski definition) is 2. The molecular formula is C20H26N5O3S+. The molecule has 3 aromatic rings. The molecule has 1 aliphatic heterocycles. The van der Waals surface area contributed by atoms with Gasteiger partial charge in [0.2, 0.25) is 10.8 Å². The van der Waals surface area contributed by atoms with Gasteiger partial charge in [0.1, 0.15) is 10.7 Å². The quantitative estimate of drug-likeness (QED) is 0.674. The normalized spacial score (nSPS) is 16.3. The van der Waals surface area contributed by atoms with Gasteiger partial charge in [-0.2, -0.15) is 4.52 Å². The first kappa shape index (κ1) is 19.7. The van der Waals surface area contributed by atoms with Crippen molar-refractivity contribution >= 4 is 22.4 Å². The second-order valence-electron chi connectivity index (χ2n) is 7.33. The highest BCUT2D eigenvalue weighted by Crippen LogP contribution is 2.35. The number of aromatic nitrogens is 3. The Hall–Kier alpha value is -2.65. The molecule has 0 radical (unpaired) electrons. The molecule has 1 aliphatic rings. The van der Waals surface area contributed by atoms with Crippen molar-refractivity contribution in [3.05, 3.63) is 46.1 Å². The lowest BCUT2D eigenvalue weighted by molar-refractivity contribution is -0.929. The van der Waals surface area contributed by atoms with E-state index in [0.29, 0.717) is 30.5 Å². The van der Waals surface area contributed by atoms with Crippen molar-refractivity contribution in [2.45, 2.75) is 26.8 Å². The van der Waals surface area contributed by atoms with Crippen molar-refractivity contribution in [1.82, 2.24) is 19.5 Å². The smallest absolute Gasteiger partial charge is 0.410 e. The van der Waals surface area contributed by atoms with E-state index in [-0.39, 0.29) is 18.0 Å². The first-order chi connectivity index (χ1) is 14.0. The van der Waals surface area contributed by atoms with Crippen LogP contribution in [0.2, 0.25) is 0 Å². The van der Waals surface area contributed by atoms with Crippen molar-refractivity contribution < 1.29 is 19.5 Å².